The van der Waals surface area contributed by atoms with Gasteiger partial charge in [-0.05, 0) is 39.0 Å². The van der Waals surface area contributed by atoms with Crippen LogP contribution in [0.4, 0.5) is 0 Å². The SMILES string of the molecule is CCCCCCCCCCCCC(C(=O)OC(C)C)C(CC)CCCCCCCCCCCCCCCO. The fraction of sp³-hybridized carbons (Fsp3) is 0.971. The van der Waals surface area contributed by atoms with Gasteiger partial charge in [0.05, 0.1) is 12.0 Å². The van der Waals surface area contributed by atoms with Gasteiger partial charge >= 0.3 is 5.97 Å². The zero-order valence-electron chi connectivity index (χ0n) is 26.6. The van der Waals surface area contributed by atoms with E-state index in [4.69, 9.17) is 9.84 Å². The summed E-state index contributed by atoms with van der Waals surface area (Å²) in [4.78, 5) is 13.0. The van der Waals surface area contributed by atoms with E-state index in [0.29, 0.717) is 12.5 Å². The van der Waals surface area contributed by atoms with Gasteiger partial charge in [-0.15, -0.1) is 0 Å². The number of esters is 1. The Bertz CT molecular complexity index is 476. The molecule has 0 aliphatic rings. The zero-order valence-corrected chi connectivity index (χ0v) is 26.6. The minimum atomic E-state index is -0.0125. The molecule has 0 aromatic heterocycles. The molecular formula is C35H70O3. The molecule has 228 valence electrons. The van der Waals surface area contributed by atoms with Crippen molar-refractivity contribution >= 4 is 5.97 Å². The molecule has 0 aromatic carbocycles. The van der Waals surface area contributed by atoms with Gasteiger partial charge in [0.25, 0.3) is 0 Å². The van der Waals surface area contributed by atoms with Crippen LogP contribution in [0, 0.1) is 11.8 Å². The van der Waals surface area contributed by atoms with Crippen molar-refractivity contribution in [3.05, 3.63) is 0 Å². The van der Waals surface area contributed by atoms with Gasteiger partial charge < -0.3 is 9.84 Å². The van der Waals surface area contributed by atoms with Crippen molar-refractivity contribution in [3.63, 3.8) is 0 Å². The molecular weight excluding hydrogens is 468 g/mol. The Balaban J connectivity index is 4.04. The van der Waals surface area contributed by atoms with Crippen LogP contribution in [0.3, 0.4) is 0 Å². The van der Waals surface area contributed by atoms with Gasteiger partial charge in [-0.3, -0.25) is 4.79 Å². The first-order valence-electron chi connectivity index (χ1n) is 17.4. The normalized spacial score (nSPS) is 13.2. The van der Waals surface area contributed by atoms with Crippen LogP contribution in [0.15, 0.2) is 0 Å². The van der Waals surface area contributed by atoms with E-state index in [1.165, 1.54) is 148 Å². The summed E-state index contributed by atoms with van der Waals surface area (Å²) in [6, 6.07) is 0. The first-order valence-corrected chi connectivity index (χ1v) is 17.4. The van der Waals surface area contributed by atoms with E-state index in [1.54, 1.807) is 0 Å². The quantitative estimate of drug-likeness (QED) is 0.0730. The summed E-state index contributed by atoms with van der Waals surface area (Å²) in [7, 11) is 0. The fourth-order valence-electron chi connectivity index (χ4n) is 5.87. The Morgan fingerprint density at radius 2 is 0.921 bits per heavy atom. The highest BCUT2D eigenvalue weighted by Gasteiger charge is 2.28. The third kappa shape index (κ3) is 24.5. The maximum Gasteiger partial charge on any atom is 0.309 e. The van der Waals surface area contributed by atoms with E-state index in [2.05, 4.69) is 13.8 Å². The standard InChI is InChI=1S/C35H70O3/c1-5-7-8-9-10-11-18-21-24-27-30-34(35(37)38-32(3)4)33(6-2)29-26-23-20-17-15-13-12-14-16-19-22-25-28-31-36/h32-34,36H,5-31H2,1-4H3. The van der Waals surface area contributed by atoms with Gasteiger partial charge in [-0.1, -0.05) is 162 Å². The van der Waals surface area contributed by atoms with E-state index in [9.17, 15) is 4.79 Å². The van der Waals surface area contributed by atoms with Crippen LogP contribution < -0.4 is 0 Å². The van der Waals surface area contributed by atoms with Crippen LogP contribution in [0.1, 0.15) is 195 Å². The van der Waals surface area contributed by atoms with Crippen LogP contribution in [0.25, 0.3) is 0 Å². The smallest absolute Gasteiger partial charge is 0.309 e. The number of hydrogen-bond acceptors (Lipinski definition) is 3. The molecule has 0 radical (unpaired) electrons. The second-order valence-electron chi connectivity index (χ2n) is 12.3. The number of carbonyl (C=O) groups excluding carboxylic acids is 1. The lowest BCUT2D eigenvalue weighted by molar-refractivity contribution is -0.155. The molecule has 3 heteroatoms. The van der Waals surface area contributed by atoms with E-state index >= 15 is 0 Å². The predicted molar refractivity (Wildman–Crippen MR) is 167 cm³/mol. The van der Waals surface area contributed by atoms with Crippen molar-refractivity contribution in [2.24, 2.45) is 11.8 Å². The molecule has 0 aliphatic carbocycles. The van der Waals surface area contributed by atoms with Crippen LogP contribution in [0.2, 0.25) is 0 Å². The summed E-state index contributed by atoms with van der Waals surface area (Å²) < 4.78 is 5.71. The molecule has 2 unspecified atom stereocenters. The molecule has 2 atom stereocenters. The predicted octanol–water partition coefficient (Wildman–Crippen LogP) is 11.3. The van der Waals surface area contributed by atoms with Crippen molar-refractivity contribution < 1.29 is 14.6 Å². The van der Waals surface area contributed by atoms with Gasteiger partial charge in [0.1, 0.15) is 0 Å². The Hall–Kier alpha value is -0.570. The summed E-state index contributed by atoms with van der Waals surface area (Å²) >= 11 is 0. The average Bonchev–Trinajstić information content (AvgIpc) is 2.90. The highest BCUT2D eigenvalue weighted by molar-refractivity contribution is 5.72. The lowest BCUT2D eigenvalue weighted by atomic mass is 9.82. The molecule has 38 heavy (non-hydrogen) atoms. The lowest BCUT2D eigenvalue weighted by Crippen LogP contribution is -2.28. The molecule has 0 saturated heterocycles. The van der Waals surface area contributed by atoms with E-state index in [1.807, 2.05) is 13.8 Å². The largest absolute Gasteiger partial charge is 0.463 e. The van der Waals surface area contributed by atoms with Crippen LogP contribution in [-0.4, -0.2) is 23.8 Å². The molecule has 0 amide bonds. The van der Waals surface area contributed by atoms with Gasteiger partial charge in [0, 0.05) is 6.61 Å². The number of hydrogen-bond donors (Lipinski definition) is 1. The van der Waals surface area contributed by atoms with Crippen LogP contribution in [0.5, 0.6) is 0 Å². The molecule has 3 nitrogen and oxygen atoms in total. The van der Waals surface area contributed by atoms with Crippen LogP contribution in [-0.2, 0) is 9.53 Å². The van der Waals surface area contributed by atoms with Gasteiger partial charge in [0.2, 0.25) is 0 Å². The highest BCUT2D eigenvalue weighted by Crippen LogP contribution is 2.29. The summed E-state index contributed by atoms with van der Waals surface area (Å²) in [5, 5.41) is 8.82. The number of carbonyl (C=O) groups is 1. The van der Waals surface area contributed by atoms with Crippen molar-refractivity contribution in [2.45, 2.75) is 201 Å². The lowest BCUT2D eigenvalue weighted by Gasteiger charge is -2.26. The number of ether oxygens (including phenoxy) is 1. The monoisotopic (exact) mass is 539 g/mol. The Morgan fingerprint density at radius 1 is 0.553 bits per heavy atom. The summed E-state index contributed by atoms with van der Waals surface area (Å²) in [5.74, 6) is 0.647. The van der Waals surface area contributed by atoms with Crippen molar-refractivity contribution in [1.82, 2.24) is 0 Å². The topological polar surface area (TPSA) is 46.5 Å². The Morgan fingerprint density at radius 3 is 1.29 bits per heavy atom. The summed E-state index contributed by atoms with van der Waals surface area (Å²) in [5.41, 5.74) is 0. The molecule has 0 spiro atoms. The second-order valence-corrected chi connectivity index (χ2v) is 12.3. The van der Waals surface area contributed by atoms with Gasteiger partial charge in [-0.25, -0.2) is 0 Å². The van der Waals surface area contributed by atoms with E-state index in [0.717, 1.165) is 19.3 Å². The molecule has 0 fully saturated rings. The van der Waals surface area contributed by atoms with E-state index < -0.39 is 0 Å². The highest BCUT2D eigenvalue weighted by atomic mass is 16.5. The Kier molecular flexibility index (Phi) is 29.0. The summed E-state index contributed by atoms with van der Waals surface area (Å²) in [6.07, 6.45) is 33.7. The first kappa shape index (κ1) is 37.4. The second kappa shape index (κ2) is 29.4. The van der Waals surface area contributed by atoms with Crippen LogP contribution >= 0.6 is 0 Å². The maximum absolute atomic E-state index is 13.0. The van der Waals surface area contributed by atoms with E-state index in [-0.39, 0.29) is 18.0 Å². The first-order chi connectivity index (χ1) is 18.6. The third-order valence-corrected chi connectivity index (χ3v) is 8.35. The molecule has 0 aromatic rings. The minimum absolute atomic E-state index is 0.0125. The number of aliphatic hydroxyl groups is 1. The third-order valence-electron chi connectivity index (χ3n) is 8.35. The van der Waals surface area contributed by atoms with Crippen molar-refractivity contribution in [3.8, 4) is 0 Å². The van der Waals surface area contributed by atoms with Gasteiger partial charge in [-0.2, -0.15) is 0 Å². The average molecular weight is 539 g/mol. The van der Waals surface area contributed by atoms with Crippen molar-refractivity contribution in [1.29, 1.82) is 0 Å². The minimum Gasteiger partial charge on any atom is -0.463 e. The molecule has 0 bridgehead atoms. The Labute approximate surface area is 239 Å². The van der Waals surface area contributed by atoms with Gasteiger partial charge in [0.15, 0.2) is 0 Å². The molecule has 0 heterocycles. The molecule has 1 N–H and O–H groups in total. The molecule has 0 saturated carbocycles. The number of aliphatic hydroxyl groups excluding tert-OH is 1. The molecule has 0 rings (SSSR count). The van der Waals surface area contributed by atoms with Crippen molar-refractivity contribution in [2.75, 3.05) is 6.61 Å². The maximum atomic E-state index is 13.0. The molecule has 0 aliphatic heterocycles. The summed E-state index contributed by atoms with van der Waals surface area (Å²) in [6.45, 7) is 8.86. The number of rotatable bonds is 30. The number of unbranched alkanes of at least 4 members (excludes halogenated alkanes) is 21. The zero-order chi connectivity index (χ0) is 28.1. The fourth-order valence-corrected chi connectivity index (χ4v) is 5.87.